The summed E-state index contributed by atoms with van der Waals surface area (Å²) in [4.78, 5) is 13.3. The Hall–Kier alpha value is -1.64. The van der Waals surface area contributed by atoms with E-state index in [9.17, 15) is 18.0 Å². The van der Waals surface area contributed by atoms with Crippen molar-refractivity contribution in [1.29, 1.82) is 0 Å². The summed E-state index contributed by atoms with van der Waals surface area (Å²) in [5.41, 5.74) is 0. The van der Waals surface area contributed by atoms with Gasteiger partial charge in [0.15, 0.2) is 0 Å². The predicted molar refractivity (Wildman–Crippen MR) is 66.3 cm³/mol. The van der Waals surface area contributed by atoms with Gasteiger partial charge in [-0.05, 0) is 19.4 Å². The van der Waals surface area contributed by atoms with Crippen LogP contribution in [0, 0.1) is 0 Å². The third-order valence-electron chi connectivity index (χ3n) is 3.36. The van der Waals surface area contributed by atoms with E-state index in [-0.39, 0.29) is 24.4 Å². The Bertz CT molecular complexity index is 489. The minimum Gasteiger partial charge on any atom is -0.423 e. The zero-order valence-electron chi connectivity index (χ0n) is 11.6. The number of halogens is 3. The molecule has 0 aliphatic carbocycles. The molecule has 118 valence electrons. The molecule has 1 aromatic rings. The third kappa shape index (κ3) is 4.42. The molecule has 1 N–H and O–H groups in total. The molecule has 21 heavy (non-hydrogen) atoms. The van der Waals surface area contributed by atoms with Gasteiger partial charge in [0, 0.05) is 7.05 Å². The summed E-state index contributed by atoms with van der Waals surface area (Å²) < 4.78 is 42.0. The summed E-state index contributed by atoms with van der Waals surface area (Å²) in [6, 6.07) is -0.300. The van der Waals surface area contributed by atoms with E-state index in [1.807, 2.05) is 4.90 Å². The zero-order valence-corrected chi connectivity index (χ0v) is 11.6. The van der Waals surface area contributed by atoms with Gasteiger partial charge in [-0.1, -0.05) is 6.42 Å². The number of carbonyl (C=O) groups excluding carboxylic acids is 1. The number of amides is 1. The smallest absolute Gasteiger partial charge is 0.397 e. The molecule has 2 heterocycles. The van der Waals surface area contributed by atoms with Crippen LogP contribution in [0.5, 0.6) is 0 Å². The maximum atomic E-state index is 12.3. The van der Waals surface area contributed by atoms with E-state index in [0.717, 1.165) is 12.8 Å². The van der Waals surface area contributed by atoms with Crippen LogP contribution in [0.3, 0.4) is 0 Å². The van der Waals surface area contributed by atoms with Gasteiger partial charge < -0.3 is 9.73 Å². The van der Waals surface area contributed by atoms with Gasteiger partial charge >= 0.3 is 6.18 Å². The van der Waals surface area contributed by atoms with Gasteiger partial charge in [-0.3, -0.25) is 9.69 Å². The lowest BCUT2D eigenvalue weighted by atomic mass is 10.0. The Morgan fingerprint density at radius 2 is 2.19 bits per heavy atom. The first-order chi connectivity index (χ1) is 9.89. The number of likely N-dealkylation sites (N-methyl/N-ethyl adjacent to an activating group) is 1. The summed E-state index contributed by atoms with van der Waals surface area (Å²) in [6.07, 6.45) is -3.09. The molecule has 0 spiro atoms. The molecule has 1 atom stereocenters. The monoisotopic (exact) mass is 306 g/mol. The maximum Gasteiger partial charge on any atom is 0.397 e. The molecular formula is C12H17F3N4O2. The number of aromatic nitrogens is 2. The van der Waals surface area contributed by atoms with E-state index >= 15 is 0 Å². The maximum absolute atomic E-state index is 12.3. The quantitative estimate of drug-likeness (QED) is 0.911. The van der Waals surface area contributed by atoms with Gasteiger partial charge in [0.05, 0.1) is 12.6 Å². The topological polar surface area (TPSA) is 71.3 Å². The number of carbonyl (C=O) groups is 1. The summed E-state index contributed by atoms with van der Waals surface area (Å²) in [6.45, 7) is 0.840. The van der Waals surface area contributed by atoms with Crippen LogP contribution in [0.15, 0.2) is 4.42 Å². The SMILES string of the molecule is CNC(=O)CN1CCCCC1c1nnc(CC(F)(F)F)o1. The minimum absolute atomic E-state index is 0.151. The molecule has 2 rings (SSSR count). The highest BCUT2D eigenvalue weighted by atomic mass is 19.4. The number of alkyl halides is 3. The normalized spacial score (nSPS) is 20.5. The third-order valence-corrected chi connectivity index (χ3v) is 3.36. The number of rotatable bonds is 4. The summed E-state index contributed by atoms with van der Waals surface area (Å²) in [5, 5.41) is 9.69. The second-order valence-corrected chi connectivity index (χ2v) is 4.98. The Morgan fingerprint density at radius 1 is 1.43 bits per heavy atom. The Balaban J connectivity index is 2.08. The van der Waals surface area contributed by atoms with Crippen molar-refractivity contribution in [1.82, 2.24) is 20.4 Å². The van der Waals surface area contributed by atoms with Gasteiger partial charge in [-0.25, -0.2) is 0 Å². The fraction of sp³-hybridized carbons (Fsp3) is 0.750. The van der Waals surface area contributed by atoms with Crippen molar-refractivity contribution in [2.45, 2.75) is 37.9 Å². The van der Waals surface area contributed by atoms with Gasteiger partial charge in [-0.15, -0.1) is 10.2 Å². The molecule has 1 unspecified atom stereocenters. The Labute approximate surface area is 119 Å². The lowest BCUT2D eigenvalue weighted by molar-refractivity contribution is -0.131. The average Bonchev–Trinajstić information content (AvgIpc) is 2.85. The fourth-order valence-electron chi connectivity index (χ4n) is 2.37. The van der Waals surface area contributed by atoms with Crippen LogP contribution in [0.1, 0.15) is 37.1 Å². The first-order valence-electron chi connectivity index (χ1n) is 6.72. The predicted octanol–water partition coefficient (Wildman–Crippen LogP) is 1.45. The van der Waals surface area contributed by atoms with Crippen LogP contribution < -0.4 is 5.32 Å². The van der Waals surface area contributed by atoms with Gasteiger partial charge in [0.25, 0.3) is 0 Å². The molecule has 1 aliphatic rings. The van der Waals surface area contributed by atoms with Crippen LogP contribution in [0.25, 0.3) is 0 Å². The van der Waals surface area contributed by atoms with Crippen molar-refractivity contribution < 1.29 is 22.4 Å². The van der Waals surface area contributed by atoms with Crippen LogP contribution in [0.2, 0.25) is 0 Å². The molecule has 1 fully saturated rings. The second-order valence-electron chi connectivity index (χ2n) is 4.98. The average molecular weight is 306 g/mol. The first kappa shape index (κ1) is 15.7. The molecule has 1 saturated heterocycles. The Morgan fingerprint density at radius 3 is 2.86 bits per heavy atom. The first-order valence-corrected chi connectivity index (χ1v) is 6.72. The van der Waals surface area contributed by atoms with Crippen LogP contribution >= 0.6 is 0 Å². The van der Waals surface area contributed by atoms with Crippen molar-refractivity contribution in [2.75, 3.05) is 20.1 Å². The van der Waals surface area contributed by atoms with Gasteiger partial charge in [-0.2, -0.15) is 13.2 Å². The zero-order chi connectivity index (χ0) is 15.5. The van der Waals surface area contributed by atoms with Gasteiger partial charge in [0.1, 0.15) is 6.42 Å². The number of hydrogen-bond donors (Lipinski definition) is 1. The fourth-order valence-corrected chi connectivity index (χ4v) is 2.37. The molecular weight excluding hydrogens is 289 g/mol. The van der Waals surface area contributed by atoms with E-state index in [2.05, 4.69) is 15.5 Å². The van der Waals surface area contributed by atoms with Crippen molar-refractivity contribution >= 4 is 5.91 Å². The van der Waals surface area contributed by atoms with Gasteiger partial charge in [0.2, 0.25) is 17.7 Å². The van der Waals surface area contributed by atoms with Crippen molar-refractivity contribution in [2.24, 2.45) is 0 Å². The molecule has 1 aliphatic heterocycles. The molecule has 0 radical (unpaired) electrons. The molecule has 0 bridgehead atoms. The largest absolute Gasteiger partial charge is 0.423 e. The highest BCUT2D eigenvalue weighted by Crippen LogP contribution is 2.30. The second kappa shape index (κ2) is 6.42. The highest BCUT2D eigenvalue weighted by molar-refractivity contribution is 5.77. The van der Waals surface area contributed by atoms with E-state index in [4.69, 9.17) is 4.42 Å². The molecule has 0 saturated carbocycles. The molecule has 1 aromatic heterocycles. The number of nitrogens with zero attached hydrogens (tertiary/aromatic N) is 3. The lowest BCUT2D eigenvalue weighted by Crippen LogP contribution is -2.40. The van der Waals surface area contributed by atoms with Crippen LogP contribution in [0.4, 0.5) is 13.2 Å². The van der Waals surface area contributed by atoms with E-state index in [0.29, 0.717) is 13.0 Å². The molecule has 9 heteroatoms. The van der Waals surface area contributed by atoms with Crippen molar-refractivity contribution in [3.63, 3.8) is 0 Å². The summed E-state index contributed by atoms with van der Waals surface area (Å²) in [7, 11) is 1.54. The molecule has 6 nitrogen and oxygen atoms in total. The van der Waals surface area contributed by atoms with E-state index in [1.54, 1.807) is 0 Å². The summed E-state index contributed by atoms with van der Waals surface area (Å²) in [5.74, 6) is -0.447. The van der Waals surface area contributed by atoms with Crippen LogP contribution in [-0.2, 0) is 11.2 Å². The van der Waals surface area contributed by atoms with Crippen LogP contribution in [-0.4, -0.2) is 47.3 Å². The number of piperidine rings is 1. The number of likely N-dealkylation sites (tertiary alicyclic amines) is 1. The van der Waals surface area contributed by atoms with Crippen molar-refractivity contribution in [3.05, 3.63) is 11.8 Å². The van der Waals surface area contributed by atoms with E-state index < -0.39 is 18.5 Å². The van der Waals surface area contributed by atoms with Crippen molar-refractivity contribution in [3.8, 4) is 0 Å². The molecule has 0 aromatic carbocycles. The van der Waals surface area contributed by atoms with E-state index in [1.165, 1.54) is 7.05 Å². The highest BCUT2D eigenvalue weighted by Gasteiger charge is 2.33. The minimum atomic E-state index is -4.38. The number of hydrogen-bond acceptors (Lipinski definition) is 5. The standard InChI is InChI=1S/C12H17F3N4O2/c1-16-9(20)7-19-5-3-2-4-8(19)11-18-17-10(21-11)6-12(13,14)15/h8H,2-7H2,1H3,(H,16,20). The lowest BCUT2D eigenvalue weighted by Gasteiger charge is -2.32. The Kier molecular flexibility index (Phi) is 4.81. The molecule has 1 amide bonds. The summed E-state index contributed by atoms with van der Waals surface area (Å²) >= 11 is 0. The number of nitrogens with one attached hydrogen (secondary N) is 1.